The number of rotatable bonds is 3. The Hall–Kier alpha value is -4.10. The zero-order chi connectivity index (χ0) is 38.9. The summed E-state index contributed by atoms with van der Waals surface area (Å²) in [6, 6.07) is -19.0. The van der Waals surface area contributed by atoms with E-state index in [4.69, 9.17) is 27.4 Å². The van der Waals surface area contributed by atoms with Crippen molar-refractivity contribution < 1.29 is 28.8 Å². The Morgan fingerprint density at radius 2 is 0.935 bits per heavy atom. The first kappa shape index (κ1) is 6.45. The van der Waals surface area contributed by atoms with Crippen molar-refractivity contribution in [2.45, 2.75) is 0 Å². The third kappa shape index (κ3) is 2.94. The molecule has 1 nitrogen and oxygen atoms in total. The Labute approximate surface area is 211 Å². The maximum absolute atomic E-state index is 9.67. The zero-order valence-corrected chi connectivity index (χ0v) is 15.4. The summed E-state index contributed by atoms with van der Waals surface area (Å²) < 4.78 is 182. The Kier molecular flexibility index (Phi) is 1.52. The summed E-state index contributed by atoms with van der Waals surface area (Å²) in [7, 11) is 0. The number of hydrogen-bond acceptors (Lipinski definition) is 1. The molecule has 0 aromatic heterocycles. The van der Waals surface area contributed by atoms with Crippen LogP contribution in [0.2, 0.25) is 0 Å². The average Bonchev–Trinajstić information content (AvgIpc) is 3.11. The number of fused-ring (bicyclic) bond motifs is 5. The van der Waals surface area contributed by atoms with Gasteiger partial charge in [0.2, 0.25) is 0 Å². The Balaban J connectivity index is 2.11. The van der Waals surface area contributed by atoms with Crippen LogP contribution < -0.4 is 4.90 Å². The van der Waals surface area contributed by atoms with Gasteiger partial charge < -0.3 is 4.90 Å². The molecular formula is C30H21N. The minimum atomic E-state index is -1.01. The molecule has 0 aliphatic rings. The third-order valence-electron chi connectivity index (χ3n) is 4.56. The molecule has 146 valence electrons. The lowest BCUT2D eigenvalue weighted by atomic mass is 9.95. The second kappa shape index (κ2) is 7.30. The van der Waals surface area contributed by atoms with E-state index in [-0.39, 0.29) is 0 Å². The van der Waals surface area contributed by atoms with Gasteiger partial charge in [-0.1, -0.05) is 96.7 Å². The van der Waals surface area contributed by atoms with Crippen molar-refractivity contribution in [2.24, 2.45) is 0 Å². The van der Waals surface area contributed by atoms with Crippen molar-refractivity contribution in [3.05, 3.63) is 127 Å². The lowest BCUT2D eigenvalue weighted by Gasteiger charge is -2.27. The summed E-state index contributed by atoms with van der Waals surface area (Å²) in [4.78, 5) is 0.529. The summed E-state index contributed by atoms with van der Waals surface area (Å²) in [5.74, 6) is 0. The first-order valence-corrected chi connectivity index (χ1v) is 8.92. The van der Waals surface area contributed by atoms with E-state index in [1.165, 1.54) is 0 Å². The van der Waals surface area contributed by atoms with Crippen molar-refractivity contribution in [3.8, 4) is 0 Å². The van der Waals surface area contributed by atoms with Crippen LogP contribution in [0, 0.1) is 0 Å². The monoisotopic (exact) mass is 416 g/mol. The van der Waals surface area contributed by atoms with E-state index in [9.17, 15) is 1.37 Å². The second-order valence-corrected chi connectivity index (χ2v) is 6.26. The predicted molar refractivity (Wildman–Crippen MR) is 134 cm³/mol. The molecule has 0 aliphatic carbocycles. The van der Waals surface area contributed by atoms with Gasteiger partial charge in [0.15, 0.2) is 0 Å². The number of hydrogen-bond donors (Lipinski definition) is 0. The van der Waals surface area contributed by atoms with Crippen LogP contribution in [0.5, 0.6) is 0 Å². The van der Waals surface area contributed by atoms with Gasteiger partial charge in [-0.15, -0.1) is 0 Å². The molecule has 0 aliphatic heterocycles. The molecule has 0 unspecified atom stereocenters. The summed E-state index contributed by atoms with van der Waals surface area (Å²) in [6.45, 7) is 0. The van der Waals surface area contributed by atoms with E-state index in [0.29, 0.717) is 4.90 Å². The van der Waals surface area contributed by atoms with Gasteiger partial charge in [0, 0.05) is 16.8 Å². The maximum atomic E-state index is 9.67. The van der Waals surface area contributed by atoms with Crippen molar-refractivity contribution in [2.75, 3.05) is 4.90 Å². The summed E-state index contributed by atoms with van der Waals surface area (Å²) in [5, 5.41) is -3.47. The van der Waals surface area contributed by atoms with Crippen LogP contribution in [0.15, 0.2) is 127 Å². The lowest BCUT2D eigenvalue weighted by Crippen LogP contribution is -2.10. The van der Waals surface area contributed by atoms with Crippen LogP contribution in [0.4, 0.5) is 17.1 Å². The van der Waals surface area contributed by atoms with Gasteiger partial charge in [-0.05, 0) is 57.1 Å². The van der Waals surface area contributed by atoms with Gasteiger partial charge in [-0.25, -0.2) is 0 Å². The first-order valence-electron chi connectivity index (χ1n) is 19.4. The highest BCUT2D eigenvalue weighted by Crippen LogP contribution is 2.43. The first-order chi connectivity index (χ1) is 24.1. The van der Waals surface area contributed by atoms with E-state index in [1.807, 2.05) is 0 Å². The summed E-state index contributed by atoms with van der Waals surface area (Å²) in [5.41, 5.74) is -2.64. The molecule has 0 saturated heterocycles. The van der Waals surface area contributed by atoms with E-state index in [2.05, 4.69) is 0 Å². The molecule has 6 rings (SSSR count). The largest absolute Gasteiger partial charge is 0.310 e. The van der Waals surface area contributed by atoms with Crippen LogP contribution in [-0.2, 0) is 0 Å². The Bertz CT molecular complexity index is 2520. The van der Waals surface area contributed by atoms with Crippen LogP contribution in [0.3, 0.4) is 0 Å². The Morgan fingerprint density at radius 1 is 0.419 bits per heavy atom. The minimum absolute atomic E-state index is 0.527. The van der Waals surface area contributed by atoms with Gasteiger partial charge in [-0.3, -0.25) is 0 Å². The molecule has 0 bridgehead atoms. The molecule has 6 aromatic rings. The van der Waals surface area contributed by atoms with Gasteiger partial charge in [0.1, 0.15) is 0 Å². The lowest BCUT2D eigenvalue weighted by molar-refractivity contribution is 1.30. The van der Waals surface area contributed by atoms with Gasteiger partial charge in [0.05, 0.1) is 34.5 Å². The number of nitrogens with zero attached hydrogens (tertiary/aromatic N) is 1. The molecule has 0 spiro atoms. The average molecular weight is 417 g/mol. The fourth-order valence-corrected chi connectivity index (χ4v) is 3.29. The number of benzene rings is 6. The molecule has 0 amide bonds. The molecule has 6 aromatic carbocycles. The fraction of sp³-hybridized carbons (Fsp3) is 0. The maximum Gasteiger partial charge on any atom is 0.0652 e. The molecule has 0 saturated carbocycles. The van der Waals surface area contributed by atoms with Gasteiger partial charge in [-0.2, -0.15) is 0 Å². The summed E-state index contributed by atoms with van der Waals surface area (Å²) in [6.07, 6.45) is 0. The third-order valence-corrected chi connectivity index (χ3v) is 4.56. The second-order valence-electron chi connectivity index (χ2n) is 6.26. The molecule has 1 heteroatoms. The highest BCUT2D eigenvalue weighted by molar-refractivity contribution is 6.21. The molecule has 0 heterocycles. The predicted octanol–water partition coefficient (Wildman–Crippen LogP) is 8.62. The van der Waals surface area contributed by atoms with Crippen molar-refractivity contribution in [1.82, 2.24) is 0 Å². The summed E-state index contributed by atoms with van der Waals surface area (Å²) >= 11 is 0. The molecule has 0 atom stereocenters. The quantitative estimate of drug-likeness (QED) is 0.261. The molecule has 0 N–H and O–H groups in total. The SMILES string of the molecule is [2H]c1c([2H])c([2H])c(N(c2c([2H])c([2H])c([2H])c([2H])c2[2H])c2c([2H])c3c4c([2H])c([2H])c([2H])c([2H])c4c([2H])c([2H])c3c3c([2H])c([2H])c([2H])c([2H])c23)c([2H])c1[2H]. The molecular weight excluding hydrogens is 374 g/mol. The smallest absolute Gasteiger partial charge is 0.0652 e. The highest BCUT2D eigenvalue weighted by atomic mass is 15.1. The van der Waals surface area contributed by atoms with Crippen LogP contribution >= 0.6 is 0 Å². The van der Waals surface area contributed by atoms with Crippen molar-refractivity contribution in [3.63, 3.8) is 0 Å². The van der Waals surface area contributed by atoms with Crippen molar-refractivity contribution in [1.29, 1.82) is 0 Å². The zero-order valence-electron chi connectivity index (χ0n) is 36.4. The van der Waals surface area contributed by atoms with Crippen LogP contribution in [-0.4, -0.2) is 0 Å². The standard InChI is InChI=1S/C30H21N/c1-3-12-23(13-4-1)31(24-14-5-2-6-15-24)30-21-29-25-16-8-7-11-22(25)19-20-27(29)26-17-9-10-18-28(26)30/h1-21H/i1D,2D,3D,4D,5D,6D,7D,8D,9D,10D,11D,12D,13D,14D,15D,16D,17D,18D,19D,20D,21D. The Morgan fingerprint density at radius 3 is 1.61 bits per heavy atom. The van der Waals surface area contributed by atoms with Gasteiger partial charge >= 0.3 is 0 Å². The minimum Gasteiger partial charge on any atom is -0.310 e. The fourth-order valence-electron chi connectivity index (χ4n) is 3.29. The van der Waals surface area contributed by atoms with Crippen LogP contribution in [0.25, 0.3) is 32.3 Å². The van der Waals surface area contributed by atoms with E-state index < -0.39 is 176 Å². The molecule has 31 heavy (non-hydrogen) atoms. The number of para-hydroxylation sites is 2. The molecule has 0 fully saturated rings. The van der Waals surface area contributed by atoms with Crippen molar-refractivity contribution >= 4 is 49.4 Å². The number of anilines is 3. The topological polar surface area (TPSA) is 3.24 Å². The van der Waals surface area contributed by atoms with Gasteiger partial charge in [0.25, 0.3) is 0 Å². The van der Waals surface area contributed by atoms with E-state index in [1.54, 1.807) is 0 Å². The molecule has 0 radical (unpaired) electrons. The highest BCUT2D eigenvalue weighted by Gasteiger charge is 2.17. The van der Waals surface area contributed by atoms with Crippen LogP contribution in [0.1, 0.15) is 28.8 Å². The normalized spacial score (nSPS) is 20.7. The van der Waals surface area contributed by atoms with E-state index >= 15 is 0 Å². The van der Waals surface area contributed by atoms with E-state index in [0.717, 1.165) is 0 Å².